The molecule has 3 rings (SSSR count). The van der Waals surface area contributed by atoms with Gasteiger partial charge in [-0.1, -0.05) is 60.7 Å². The highest BCUT2D eigenvalue weighted by Crippen LogP contribution is 2.15. The zero-order valence-electron chi connectivity index (χ0n) is 17.9. The standard InChI is InChI=1S/C26H27NO4/c1-20(2)27(17-21-9-5-3-6-10-21)25(28)19-31-26(29)23-13-15-24(16-14-23)30-18-22-11-7-4-8-12-22/h3-16,20H,17-19H2,1-2H3. The van der Waals surface area contributed by atoms with Crippen molar-refractivity contribution >= 4 is 11.9 Å². The van der Waals surface area contributed by atoms with Gasteiger partial charge in [0.05, 0.1) is 5.56 Å². The maximum atomic E-state index is 12.6. The molecule has 0 aromatic heterocycles. The first-order valence-electron chi connectivity index (χ1n) is 10.3. The fourth-order valence-electron chi connectivity index (χ4n) is 3.06. The summed E-state index contributed by atoms with van der Waals surface area (Å²) in [6.45, 7) is 4.51. The van der Waals surface area contributed by atoms with Crippen LogP contribution in [0.15, 0.2) is 84.9 Å². The van der Waals surface area contributed by atoms with E-state index in [-0.39, 0.29) is 18.6 Å². The van der Waals surface area contributed by atoms with Crippen molar-refractivity contribution in [1.82, 2.24) is 4.90 Å². The zero-order chi connectivity index (χ0) is 22.1. The highest BCUT2D eigenvalue weighted by molar-refractivity contribution is 5.91. The van der Waals surface area contributed by atoms with Crippen molar-refractivity contribution < 1.29 is 19.1 Å². The topological polar surface area (TPSA) is 55.8 Å². The molecule has 0 saturated carbocycles. The number of ether oxygens (including phenoxy) is 2. The van der Waals surface area contributed by atoms with Crippen LogP contribution >= 0.6 is 0 Å². The summed E-state index contributed by atoms with van der Waals surface area (Å²) in [5, 5.41) is 0. The van der Waals surface area contributed by atoms with E-state index in [0.29, 0.717) is 24.5 Å². The van der Waals surface area contributed by atoms with Crippen molar-refractivity contribution in [2.75, 3.05) is 6.61 Å². The van der Waals surface area contributed by atoms with E-state index in [2.05, 4.69) is 0 Å². The number of hydrogen-bond acceptors (Lipinski definition) is 4. The maximum Gasteiger partial charge on any atom is 0.338 e. The van der Waals surface area contributed by atoms with Gasteiger partial charge in [0.25, 0.3) is 5.91 Å². The van der Waals surface area contributed by atoms with Gasteiger partial charge in [-0.2, -0.15) is 0 Å². The summed E-state index contributed by atoms with van der Waals surface area (Å²) in [6, 6.07) is 26.3. The number of hydrogen-bond donors (Lipinski definition) is 0. The molecule has 0 saturated heterocycles. The van der Waals surface area contributed by atoms with Crippen molar-refractivity contribution in [2.45, 2.75) is 33.0 Å². The molecule has 0 heterocycles. The third-order valence-corrected chi connectivity index (χ3v) is 4.80. The molecule has 5 nitrogen and oxygen atoms in total. The molecule has 0 radical (unpaired) electrons. The number of amides is 1. The molecule has 0 bridgehead atoms. The molecule has 160 valence electrons. The molecule has 0 aliphatic carbocycles. The smallest absolute Gasteiger partial charge is 0.338 e. The Bertz CT molecular complexity index is 969. The van der Waals surface area contributed by atoms with Crippen molar-refractivity contribution in [2.24, 2.45) is 0 Å². The monoisotopic (exact) mass is 417 g/mol. The van der Waals surface area contributed by atoms with E-state index in [1.54, 1.807) is 29.2 Å². The summed E-state index contributed by atoms with van der Waals surface area (Å²) in [5.74, 6) is -0.105. The van der Waals surface area contributed by atoms with Crippen molar-refractivity contribution in [3.8, 4) is 5.75 Å². The lowest BCUT2D eigenvalue weighted by atomic mass is 10.2. The van der Waals surface area contributed by atoms with Gasteiger partial charge in [0.1, 0.15) is 12.4 Å². The molecule has 1 amide bonds. The average molecular weight is 418 g/mol. The van der Waals surface area contributed by atoms with Crippen LogP contribution in [0.1, 0.15) is 35.3 Å². The first kappa shape index (κ1) is 22.1. The second-order valence-electron chi connectivity index (χ2n) is 7.48. The van der Waals surface area contributed by atoms with Crippen LogP contribution in [0.2, 0.25) is 0 Å². The Kier molecular flexibility index (Phi) is 7.82. The molecule has 0 unspecified atom stereocenters. The van der Waals surface area contributed by atoms with E-state index in [4.69, 9.17) is 9.47 Å². The Morgan fingerprint density at radius 3 is 1.97 bits per heavy atom. The first-order chi connectivity index (χ1) is 15.0. The van der Waals surface area contributed by atoms with Gasteiger partial charge in [-0.25, -0.2) is 4.79 Å². The molecule has 0 atom stereocenters. The molecular weight excluding hydrogens is 390 g/mol. The van der Waals surface area contributed by atoms with E-state index < -0.39 is 5.97 Å². The lowest BCUT2D eigenvalue weighted by Gasteiger charge is -2.26. The van der Waals surface area contributed by atoms with E-state index in [9.17, 15) is 9.59 Å². The molecule has 5 heteroatoms. The lowest BCUT2D eigenvalue weighted by Crippen LogP contribution is -2.39. The van der Waals surface area contributed by atoms with Crippen molar-refractivity contribution in [3.63, 3.8) is 0 Å². The van der Waals surface area contributed by atoms with Crippen LogP contribution in [0.25, 0.3) is 0 Å². The number of rotatable bonds is 9. The van der Waals surface area contributed by atoms with Gasteiger partial charge in [-0.3, -0.25) is 4.79 Å². The zero-order valence-corrected chi connectivity index (χ0v) is 17.9. The highest BCUT2D eigenvalue weighted by Gasteiger charge is 2.19. The van der Waals surface area contributed by atoms with Gasteiger partial charge in [0.15, 0.2) is 6.61 Å². The molecule has 0 N–H and O–H groups in total. The molecule has 3 aromatic carbocycles. The Balaban J connectivity index is 1.51. The summed E-state index contributed by atoms with van der Waals surface area (Å²) in [7, 11) is 0. The largest absolute Gasteiger partial charge is 0.489 e. The summed E-state index contributed by atoms with van der Waals surface area (Å²) < 4.78 is 11.0. The number of esters is 1. The van der Waals surface area contributed by atoms with Gasteiger partial charge in [0.2, 0.25) is 0 Å². The molecule has 3 aromatic rings. The first-order valence-corrected chi connectivity index (χ1v) is 10.3. The summed E-state index contributed by atoms with van der Waals surface area (Å²) in [5.41, 5.74) is 2.47. The SMILES string of the molecule is CC(C)N(Cc1ccccc1)C(=O)COC(=O)c1ccc(OCc2ccccc2)cc1. The van der Waals surface area contributed by atoms with Crippen LogP contribution in [-0.2, 0) is 22.7 Å². The average Bonchev–Trinajstić information content (AvgIpc) is 2.81. The third kappa shape index (κ3) is 6.71. The Hall–Kier alpha value is -3.60. The van der Waals surface area contributed by atoms with E-state index in [0.717, 1.165) is 11.1 Å². The van der Waals surface area contributed by atoms with Crippen molar-refractivity contribution in [1.29, 1.82) is 0 Å². The van der Waals surface area contributed by atoms with E-state index in [1.807, 2.05) is 74.5 Å². The second-order valence-corrected chi connectivity index (χ2v) is 7.48. The van der Waals surface area contributed by atoms with Gasteiger partial charge in [-0.15, -0.1) is 0 Å². The highest BCUT2D eigenvalue weighted by atomic mass is 16.5. The van der Waals surface area contributed by atoms with Gasteiger partial charge in [-0.05, 0) is 49.2 Å². The molecule has 0 aliphatic rings. The summed E-state index contributed by atoms with van der Waals surface area (Å²) in [6.07, 6.45) is 0. The number of carbonyl (C=O) groups is 2. The minimum absolute atomic E-state index is 0.00699. The molecule has 0 spiro atoms. The summed E-state index contributed by atoms with van der Waals surface area (Å²) in [4.78, 5) is 26.7. The lowest BCUT2D eigenvalue weighted by molar-refractivity contribution is -0.136. The van der Waals surface area contributed by atoms with Crippen LogP contribution < -0.4 is 4.74 Å². The second kappa shape index (κ2) is 11.0. The van der Waals surface area contributed by atoms with Crippen molar-refractivity contribution in [3.05, 3.63) is 102 Å². The molecule has 31 heavy (non-hydrogen) atoms. The molecular formula is C26H27NO4. The predicted molar refractivity (Wildman–Crippen MR) is 120 cm³/mol. The predicted octanol–water partition coefficient (Wildman–Crippen LogP) is 4.86. The van der Waals surface area contributed by atoms with Gasteiger partial charge in [0, 0.05) is 12.6 Å². The van der Waals surface area contributed by atoms with Crippen LogP contribution in [0, 0.1) is 0 Å². The van der Waals surface area contributed by atoms with E-state index in [1.165, 1.54) is 0 Å². The number of benzene rings is 3. The Morgan fingerprint density at radius 2 is 1.39 bits per heavy atom. The fraction of sp³-hybridized carbons (Fsp3) is 0.231. The van der Waals surface area contributed by atoms with Crippen LogP contribution in [0.4, 0.5) is 0 Å². The maximum absolute atomic E-state index is 12.6. The minimum Gasteiger partial charge on any atom is -0.489 e. The van der Waals surface area contributed by atoms with Gasteiger partial charge >= 0.3 is 5.97 Å². The number of carbonyl (C=O) groups excluding carboxylic acids is 2. The normalized spacial score (nSPS) is 10.5. The van der Waals surface area contributed by atoms with Gasteiger partial charge < -0.3 is 14.4 Å². The Morgan fingerprint density at radius 1 is 0.806 bits per heavy atom. The Labute approximate surface area is 183 Å². The molecule has 0 aliphatic heterocycles. The third-order valence-electron chi connectivity index (χ3n) is 4.80. The minimum atomic E-state index is -0.536. The molecule has 0 fully saturated rings. The van der Waals surface area contributed by atoms with Crippen LogP contribution in [-0.4, -0.2) is 29.4 Å². The van der Waals surface area contributed by atoms with E-state index >= 15 is 0 Å². The number of nitrogens with zero attached hydrogens (tertiary/aromatic N) is 1. The van der Waals surface area contributed by atoms with Crippen LogP contribution in [0.5, 0.6) is 5.75 Å². The summed E-state index contributed by atoms with van der Waals surface area (Å²) >= 11 is 0. The quantitative estimate of drug-likeness (QED) is 0.467. The van der Waals surface area contributed by atoms with Crippen LogP contribution in [0.3, 0.4) is 0 Å². The fourth-order valence-corrected chi connectivity index (χ4v) is 3.06.